The minimum absolute atomic E-state index is 0.285. The molecule has 1 aliphatic carbocycles. The zero-order chi connectivity index (χ0) is 13.6. The van der Waals surface area contributed by atoms with Crippen molar-refractivity contribution in [2.75, 3.05) is 26.2 Å². The Morgan fingerprint density at radius 3 is 2.37 bits per heavy atom. The molecule has 0 radical (unpaired) electrons. The van der Waals surface area contributed by atoms with Crippen LogP contribution in [0.25, 0.3) is 0 Å². The van der Waals surface area contributed by atoms with Gasteiger partial charge in [0, 0.05) is 32.2 Å². The number of piperazine rings is 1. The van der Waals surface area contributed by atoms with Crippen molar-refractivity contribution >= 4 is 33.0 Å². The van der Waals surface area contributed by atoms with Crippen LogP contribution in [0.1, 0.15) is 18.5 Å². The molecule has 106 valence electrons. The molecule has 3 rings (SSSR count). The molecule has 19 heavy (non-hydrogen) atoms. The summed E-state index contributed by atoms with van der Waals surface area (Å²) < 4.78 is 27.2. The Morgan fingerprint density at radius 2 is 1.89 bits per heavy atom. The Morgan fingerprint density at radius 1 is 1.26 bits per heavy atom. The van der Waals surface area contributed by atoms with Gasteiger partial charge in [-0.2, -0.15) is 4.31 Å². The van der Waals surface area contributed by atoms with E-state index in [4.69, 9.17) is 11.6 Å². The maximum absolute atomic E-state index is 12.5. The van der Waals surface area contributed by atoms with Gasteiger partial charge >= 0.3 is 0 Å². The van der Waals surface area contributed by atoms with Crippen LogP contribution in [0.3, 0.4) is 0 Å². The molecule has 1 aromatic heterocycles. The number of nitrogens with zero attached hydrogens (tertiary/aromatic N) is 3. The standard InChI is InChI=1S/C11H16ClN3O2S2/c1-8-10(18-11(12)13-8)19(16,17)15-6-4-14(5-7-15)9-2-3-9/h9H,2-7H2,1H3. The van der Waals surface area contributed by atoms with Crippen LogP contribution < -0.4 is 0 Å². The summed E-state index contributed by atoms with van der Waals surface area (Å²) in [4.78, 5) is 6.38. The molecule has 1 aromatic rings. The Hall–Kier alpha value is -0.210. The van der Waals surface area contributed by atoms with Crippen molar-refractivity contribution in [1.29, 1.82) is 0 Å². The van der Waals surface area contributed by atoms with E-state index in [-0.39, 0.29) is 8.68 Å². The minimum atomic E-state index is -3.42. The van der Waals surface area contributed by atoms with Crippen LogP contribution in [0.5, 0.6) is 0 Å². The molecule has 0 atom stereocenters. The number of hydrogen-bond donors (Lipinski definition) is 0. The van der Waals surface area contributed by atoms with E-state index in [1.54, 1.807) is 11.2 Å². The molecule has 8 heteroatoms. The van der Waals surface area contributed by atoms with E-state index in [9.17, 15) is 8.42 Å². The first-order valence-electron chi connectivity index (χ1n) is 6.35. The molecule has 2 fully saturated rings. The van der Waals surface area contributed by atoms with Gasteiger partial charge in [0.05, 0.1) is 5.69 Å². The predicted octanol–water partition coefficient (Wildman–Crippen LogP) is 1.57. The van der Waals surface area contributed by atoms with Crippen LogP contribution in [0.4, 0.5) is 0 Å². The van der Waals surface area contributed by atoms with E-state index in [1.165, 1.54) is 12.8 Å². The number of hydrogen-bond acceptors (Lipinski definition) is 5. The highest BCUT2D eigenvalue weighted by atomic mass is 35.5. The van der Waals surface area contributed by atoms with E-state index in [0.29, 0.717) is 24.8 Å². The maximum Gasteiger partial charge on any atom is 0.254 e. The number of thiazole rings is 1. The van der Waals surface area contributed by atoms with Gasteiger partial charge in [-0.25, -0.2) is 13.4 Å². The molecule has 5 nitrogen and oxygen atoms in total. The average molecular weight is 322 g/mol. The fourth-order valence-electron chi connectivity index (χ4n) is 2.46. The number of sulfonamides is 1. The Bertz CT molecular complexity index is 575. The first-order chi connectivity index (χ1) is 8.98. The summed E-state index contributed by atoms with van der Waals surface area (Å²) in [6.45, 7) is 4.47. The lowest BCUT2D eigenvalue weighted by atomic mass is 10.3. The van der Waals surface area contributed by atoms with Gasteiger partial charge in [-0.05, 0) is 19.8 Å². The van der Waals surface area contributed by atoms with E-state index in [1.807, 2.05) is 0 Å². The van der Waals surface area contributed by atoms with Crippen molar-refractivity contribution < 1.29 is 8.42 Å². The molecular formula is C11H16ClN3O2S2. The Balaban J connectivity index is 1.76. The SMILES string of the molecule is Cc1nc(Cl)sc1S(=O)(=O)N1CCN(C2CC2)CC1. The normalized spacial score (nSPS) is 22.8. The third-order valence-corrected chi connectivity index (χ3v) is 7.39. The van der Waals surface area contributed by atoms with E-state index < -0.39 is 10.0 Å². The lowest BCUT2D eigenvalue weighted by Gasteiger charge is -2.33. The van der Waals surface area contributed by atoms with Crippen molar-refractivity contribution in [2.24, 2.45) is 0 Å². The third kappa shape index (κ3) is 2.67. The first-order valence-corrected chi connectivity index (χ1v) is 8.99. The molecule has 1 aliphatic heterocycles. The van der Waals surface area contributed by atoms with Gasteiger partial charge in [0.1, 0.15) is 0 Å². The van der Waals surface area contributed by atoms with Crippen molar-refractivity contribution in [3.8, 4) is 0 Å². The van der Waals surface area contributed by atoms with Crippen molar-refractivity contribution in [2.45, 2.75) is 30.0 Å². The zero-order valence-corrected chi connectivity index (χ0v) is 13.1. The molecule has 2 aliphatic rings. The fraction of sp³-hybridized carbons (Fsp3) is 0.727. The fourth-order valence-corrected chi connectivity index (χ4v) is 5.75. The quantitative estimate of drug-likeness (QED) is 0.848. The molecule has 0 aromatic carbocycles. The van der Waals surface area contributed by atoms with Crippen LogP contribution in [0.2, 0.25) is 4.47 Å². The second-order valence-electron chi connectivity index (χ2n) is 5.01. The summed E-state index contributed by atoms with van der Waals surface area (Å²) in [5.41, 5.74) is 0.500. The van der Waals surface area contributed by atoms with Crippen LogP contribution in [-0.4, -0.2) is 54.8 Å². The Kier molecular flexibility index (Phi) is 3.59. The molecule has 1 saturated heterocycles. The lowest BCUT2D eigenvalue weighted by Crippen LogP contribution is -2.49. The highest BCUT2D eigenvalue weighted by Gasteiger charge is 2.36. The summed E-state index contributed by atoms with van der Waals surface area (Å²) >= 11 is 6.85. The smallest absolute Gasteiger partial charge is 0.254 e. The molecule has 0 spiro atoms. The number of aromatic nitrogens is 1. The minimum Gasteiger partial charge on any atom is -0.298 e. The van der Waals surface area contributed by atoms with Crippen molar-refractivity contribution in [1.82, 2.24) is 14.2 Å². The summed E-state index contributed by atoms with van der Waals surface area (Å²) in [6, 6.07) is 0.699. The number of rotatable bonds is 3. The molecule has 0 amide bonds. The van der Waals surface area contributed by atoms with E-state index in [0.717, 1.165) is 24.4 Å². The zero-order valence-electron chi connectivity index (χ0n) is 10.7. The van der Waals surface area contributed by atoms with E-state index in [2.05, 4.69) is 9.88 Å². The summed E-state index contributed by atoms with van der Waals surface area (Å²) in [5, 5.41) is 0. The van der Waals surface area contributed by atoms with Gasteiger partial charge in [-0.3, -0.25) is 4.90 Å². The van der Waals surface area contributed by atoms with Crippen LogP contribution in [0.15, 0.2) is 4.21 Å². The average Bonchev–Trinajstić information content (AvgIpc) is 3.15. The second kappa shape index (κ2) is 4.96. The maximum atomic E-state index is 12.5. The van der Waals surface area contributed by atoms with Crippen LogP contribution in [-0.2, 0) is 10.0 Å². The monoisotopic (exact) mass is 321 g/mol. The molecular weight excluding hydrogens is 306 g/mol. The van der Waals surface area contributed by atoms with Crippen LogP contribution in [0, 0.1) is 6.92 Å². The Labute approximate surface area is 122 Å². The third-order valence-electron chi connectivity index (χ3n) is 3.64. The van der Waals surface area contributed by atoms with E-state index >= 15 is 0 Å². The lowest BCUT2D eigenvalue weighted by molar-refractivity contribution is 0.180. The molecule has 0 unspecified atom stereocenters. The second-order valence-corrected chi connectivity index (χ2v) is 8.73. The van der Waals surface area contributed by atoms with Gasteiger partial charge in [0.2, 0.25) is 0 Å². The molecule has 1 saturated carbocycles. The topological polar surface area (TPSA) is 53.5 Å². The number of halogens is 1. The molecule has 0 bridgehead atoms. The van der Waals surface area contributed by atoms with Gasteiger partial charge in [-0.1, -0.05) is 22.9 Å². The van der Waals surface area contributed by atoms with Gasteiger partial charge in [0.25, 0.3) is 10.0 Å². The van der Waals surface area contributed by atoms with Crippen molar-refractivity contribution in [3.05, 3.63) is 10.2 Å². The van der Waals surface area contributed by atoms with Gasteiger partial charge in [0.15, 0.2) is 8.68 Å². The van der Waals surface area contributed by atoms with Crippen LogP contribution >= 0.6 is 22.9 Å². The predicted molar refractivity (Wildman–Crippen MR) is 75.2 cm³/mol. The summed E-state index contributed by atoms with van der Waals surface area (Å²) in [6.07, 6.45) is 2.52. The largest absolute Gasteiger partial charge is 0.298 e. The highest BCUT2D eigenvalue weighted by Crippen LogP contribution is 2.31. The molecule has 2 heterocycles. The van der Waals surface area contributed by atoms with Gasteiger partial charge in [-0.15, -0.1) is 0 Å². The van der Waals surface area contributed by atoms with Crippen molar-refractivity contribution in [3.63, 3.8) is 0 Å². The first kappa shape index (κ1) is 13.8. The number of aryl methyl sites for hydroxylation is 1. The highest BCUT2D eigenvalue weighted by molar-refractivity contribution is 7.91. The summed E-state index contributed by atoms with van der Waals surface area (Å²) in [7, 11) is -3.42. The van der Waals surface area contributed by atoms with Gasteiger partial charge < -0.3 is 0 Å². The molecule has 0 N–H and O–H groups in total. The summed E-state index contributed by atoms with van der Waals surface area (Å²) in [5.74, 6) is 0.